The Kier molecular flexibility index (Phi) is 3.53. The molecule has 0 aromatic rings. The van der Waals surface area contributed by atoms with Crippen LogP contribution in [0.1, 0.15) is 19.8 Å². The molecule has 1 aliphatic heterocycles. The first-order valence-corrected chi connectivity index (χ1v) is 4.70. The molecule has 0 bridgehead atoms. The van der Waals surface area contributed by atoms with Gasteiger partial charge in [0.15, 0.2) is 0 Å². The molecule has 1 N–H and O–H groups in total. The highest BCUT2D eigenvalue weighted by atomic mass is 16.1. The van der Waals surface area contributed by atoms with Gasteiger partial charge in [0.25, 0.3) is 0 Å². The Hall–Kier alpha value is -0.570. The maximum absolute atomic E-state index is 11.4. The molecule has 1 heterocycles. The Balaban J connectivity index is 2.35. The van der Waals surface area contributed by atoms with E-state index in [0.717, 1.165) is 32.5 Å². The zero-order valence-corrected chi connectivity index (χ0v) is 7.97. The molecular weight excluding hydrogens is 152 g/mol. The van der Waals surface area contributed by atoms with Crippen molar-refractivity contribution < 1.29 is 4.79 Å². The van der Waals surface area contributed by atoms with E-state index in [4.69, 9.17) is 0 Å². The van der Waals surface area contributed by atoms with Gasteiger partial charge in [-0.15, -0.1) is 0 Å². The molecule has 0 radical (unpaired) electrons. The summed E-state index contributed by atoms with van der Waals surface area (Å²) in [4.78, 5) is 13.6. The molecule has 70 valence electrons. The molecule has 3 nitrogen and oxygen atoms in total. The number of rotatable bonds is 2. The highest BCUT2D eigenvalue weighted by molar-refractivity contribution is 5.78. The van der Waals surface area contributed by atoms with Gasteiger partial charge in [-0.25, -0.2) is 0 Å². The first-order chi connectivity index (χ1) is 5.74. The second kappa shape index (κ2) is 4.45. The fraction of sp³-hybridized carbons (Fsp3) is 0.889. The minimum atomic E-state index is 0.226. The summed E-state index contributed by atoms with van der Waals surface area (Å²) in [5, 5.41) is 2.87. The molecule has 0 aliphatic carbocycles. The Morgan fingerprint density at radius 2 is 2.42 bits per heavy atom. The van der Waals surface area contributed by atoms with Crippen molar-refractivity contribution in [2.75, 3.05) is 26.7 Å². The standard InChI is InChI=1S/C9H18N2O/c1-3-10-9(12)8-5-4-6-11(2)7-8/h8H,3-7H2,1-2H3,(H,10,12)/t8-/m1/s1. The summed E-state index contributed by atoms with van der Waals surface area (Å²) < 4.78 is 0. The van der Waals surface area contributed by atoms with E-state index in [-0.39, 0.29) is 11.8 Å². The van der Waals surface area contributed by atoms with Gasteiger partial charge in [0.2, 0.25) is 5.91 Å². The number of hydrogen-bond donors (Lipinski definition) is 1. The van der Waals surface area contributed by atoms with Crippen molar-refractivity contribution in [1.82, 2.24) is 10.2 Å². The van der Waals surface area contributed by atoms with Gasteiger partial charge in [-0.1, -0.05) is 0 Å². The Morgan fingerprint density at radius 1 is 1.67 bits per heavy atom. The fourth-order valence-electron chi connectivity index (χ4n) is 1.70. The van der Waals surface area contributed by atoms with Crippen molar-refractivity contribution >= 4 is 5.91 Å². The maximum atomic E-state index is 11.4. The number of nitrogens with zero attached hydrogens (tertiary/aromatic N) is 1. The van der Waals surface area contributed by atoms with Gasteiger partial charge in [0.05, 0.1) is 5.92 Å². The average Bonchev–Trinajstić information content (AvgIpc) is 2.05. The van der Waals surface area contributed by atoms with Crippen LogP contribution < -0.4 is 5.32 Å². The van der Waals surface area contributed by atoms with E-state index in [9.17, 15) is 4.79 Å². The first-order valence-electron chi connectivity index (χ1n) is 4.70. The van der Waals surface area contributed by atoms with E-state index in [0.29, 0.717) is 0 Å². The number of nitrogens with one attached hydrogen (secondary N) is 1. The lowest BCUT2D eigenvalue weighted by Gasteiger charge is -2.28. The lowest BCUT2D eigenvalue weighted by atomic mass is 9.98. The Bertz CT molecular complexity index is 159. The van der Waals surface area contributed by atoms with Crippen LogP contribution in [0.15, 0.2) is 0 Å². The molecule has 0 spiro atoms. The van der Waals surface area contributed by atoms with Crippen molar-refractivity contribution in [2.24, 2.45) is 5.92 Å². The predicted octanol–water partition coefficient (Wildman–Crippen LogP) is 0.464. The molecule has 12 heavy (non-hydrogen) atoms. The summed E-state index contributed by atoms with van der Waals surface area (Å²) >= 11 is 0. The van der Waals surface area contributed by atoms with Crippen LogP contribution in [-0.2, 0) is 4.79 Å². The van der Waals surface area contributed by atoms with Crippen LogP contribution in [0.25, 0.3) is 0 Å². The summed E-state index contributed by atoms with van der Waals surface area (Å²) in [6.07, 6.45) is 2.20. The summed E-state index contributed by atoms with van der Waals surface area (Å²) in [6, 6.07) is 0. The molecule has 0 aromatic heterocycles. The van der Waals surface area contributed by atoms with E-state index in [2.05, 4.69) is 17.3 Å². The molecule has 1 saturated heterocycles. The van der Waals surface area contributed by atoms with E-state index < -0.39 is 0 Å². The molecule has 1 atom stereocenters. The monoisotopic (exact) mass is 170 g/mol. The Labute approximate surface area is 74.1 Å². The average molecular weight is 170 g/mol. The molecule has 1 amide bonds. The number of carbonyl (C=O) groups excluding carboxylic acids is 1. The summed E-state index contributed by atoms with van der Waals surface area (Å²) in [6.45, 7) is 4.77. The van der Waals surface area contributed by atoms with Crippen LogP contribution in [0.5, 0.6) is 0 Å². The van der Waals surface area contributed by atoms with Gasteiger partial charge in [-0.3, -0.25) is 4.79 Å². The third-order valence-corrected chi connectivity index (χ3v) is 2.35. The fourth-order valence-corrected chi connectivity index (χ4v) is 1.70. The van der Waals surface area contributed by atoms with Crippen LogP contribution in [0.3, 0.4) is 0 Å². The van der Waals surface area contributed by atoms with E-state index in [1.807, 2.05) is 6.92 Å². The lowest BCUT2D eigenvalue weighted by Crippen LogP contribution is -2.41. The Morgan fingerprint density at radius 3 is 3.00 bits per heavy atom. The minimum absolute atomic E-state index is 0.226. The lowest BCUT2D eigenvalue weighted by molar-refractivity contribution is -0.126. The highest BCUT2D eigenvalue weighted by Crippen LogP contribution is 2.14. The van der Waals surface area contributed by atoms with E-state index in [1.165, 1.54) is 0 Å². The molecular formula is C9H18N2O. The summed E-state index contributed by atoms with van der Waals surface area (Å²) in [5.74, 6) is 0.452. The third-order valence-electron chi connectivity index (χ3n) is 2.35. The quantitative estimate of drug-likeness (QED) is 0.653. The van der Waals surface area contributed by atoms with Gasteiger partial charge in [0, 0.05) is 13.1 Å². The van der Waals surface area contributed by atoms with Gasteiger partial charge in [-0.05, 0) is 33.4 Å². The normalized spacial score (nSPS) is 25.3. The van der Waals surface area contributed by atoms with Crippen LogP contribution in [0, 0.1) is 5.92 Å². The first kappa shape index (κ1) is 9.52. The molecule has 1 rings (SSSR count). The molecule has 0 saturated carbocycles. The van der Waals surface area contributed by atoms with E-state index in [1.54, 1.807) is 0 Å². The van der Waals surface area contributed by atoms with Gasteiger partial charge in [-0.2, -0.15) is 0 Å². The van der Waals surface area contributed by atoms with Crippen LogP contribution in [0.2, 0.25) is 0 Å². The predicted molar refractivity (Wildman–Crippen MR) is 48.9 cm³/mol. The number of likely N-dealkylation sites (tertiary alicyclic amines) is 1. The van der Waals surface area contributed by atoms with E-state index >= 15 is 0 Å². The number of hydrogen-bond acceptors (Lipinski definition) is 2. The van der Waals surface area contributed by atoms with Crippen LogP contribution in [-0.4, -0.2) is 37.5 Å². The van der Waals surface area contributed by atoms with Crippen LogP contribution >= 0.6 is 0 Å². The largest absolute Gasteiger partial charge is 0.356 e. The van der Waals surface area contributed by atoms with Crippen LogP contribution in [0.4, 0.5) is 0 Å². The highest BCUT2D eigenvalue weighted by Gasteiger charge is 2.22. The van der Waals surface area contributed by atoms with Crippen molar-refractivity contribution in [3.8, 4) is 0 Å². The second-order valence-corrected chi connectivity index (χ2v) is 3.50. The zero-order chi connectivity index (χ0) is 8.97. The summed E-state index contributed by atoms with van der Waals surface area (Å²) in [5.41, 5.74) is 0. The van der Waals surface area contributed by atoms with Gasteiger partial charge >= 0.3 is 0 Å². The minimum Gasteiger partial charge on any atom is -0.356 e. The topological polar surface area (TPSA) is 32.3 Å². The van der Waals surface area contributed by atoms with Gasteiger partial charge < -0.3 is 10.2 Å². The molecule has 1 aliphatic rings. The molecule has 1 fully saturated rings. The molecule has 0 unspecified atom stereocenters. The van der Waals surface area contributed by atoms with Crippen molar-refractivity contribution in [1.29, 1.82) is 0 Å². The summed E-state index contributed by atoms with van der Waals surface area (Å²) in [7, 11) is 2.07. The molecule has 0 aromatic carbocycles. The van der Waals surface area contributed by atoms with Crippen molar-refractivity contribution in [2.45, 2.75) is 19.8 Å². The number of piperidine rings is 1. The second-order valence-electron chi connectivity index (χ2n) is 3.50. The maximum Gasteiger partial charge on any atom is 0.224 e. The number of carbonyl (C=O) groups is 1. The smallest absolute Gasteiger partial charge is 0.224 e. The zero-order valence-electron chi connectivity index (χ0n) is 7.97. The SMILES string of the molecule is CCNC(=O)[C@@H]1CCCN(C)C1. The number of amides is 1. The van der Waals surface area contributed by atoms with Crippen molar-refractivity contribution in [3.63, 3.8) is 0 Å². The van der Waals surface area contributed by atoms with Gasteiger partial charge in [0.1, 0.15) is 0 Å². The third kappa shape index (κ3) is 2.48. The molecule has 3 heteroatoms. The van der Waals surface area contributed by atoms with Crippen molar-refractivity contribution in [3.05, 3.63) is 0 Å².